The maximum atomic E-state index is 12.6. The van der Waals surface area contributed by atoms with Crippen molar-refractivity contribution in [3.8, 4) is 0 Å². The topological polar surface area (TPSA) is 12.0 Å². The molecule has 0 aliphatic heterocycles. The minimum Gasteiger partial charge on any atom is -0.307 e. The molecule has 0 aromatic rings. The van der Waals surface area contributed by atoms with Crippen LogP contribution in [0.5, 0.6) is 0 Å². The molecule has 0 radical (unpaired) electrons. The minimum atomic E-state index is -0.324. The summed E-state index contributed by atoms with van der Waals surface area (Å²) in [5.41, 5.74) is -0.324. The summed E-state index contributed by atoms with van der Waals surface area (Å²) in [5, 5.41) is 3.41. The van der Waals surface area contributed by atoms with E-state index >= 15 is 0 Å². The quantitative estimate of drug-likeness (QED) is 0.670. The van der Waals surface area contributed by atoms with Gasteiger partial charge < -0.3 is 5.32 Å². The number of halogens is 1. The van der Waals surface area contributed by atoms with Crippen molar-refractivity contribution in [2.75, 3.05) is 6.67 Å². The predicted molar refractivity (Wildman–Crippen MR) is 54.7 cm³/mol. The van der Waals surface area contributed by atoms with E-state index in [1.807, 2.05) is 13.8 Å². The molecule has 1 rings (SSSR count). The Hall–Kier alpha value is -0.110. The van der Waals surface area contributed by atoms with Crippen LogP contribution in [0.1, 0.15) is 52.4 Å². The fraction of sp³-hybridized carbons (Fsp3) is 1.00. The SMILES string of the molecule is CC(C)(CF)NC1CCCCCC1. The zero-order valence-electron chi connectivity index (χ0n) is 8.91. The zero-order chi connectivity index (χ0) is 9.73. The molecule has 1 fully saturated rings. The van der Waals surface area contributed by atoms with E-state index in [9.17, 15) is 4.39 Å². The summed E-state index contributed by atoms with van der Waals surface area (Å²) < 4.78 is 12.6. The van der Waals surface area contributed by atoms with Crippen LogP contribution < -0.4 is 5.32 Å². The highest BCUT2D eigenvalue weighted by atomic mass is 19.1. The van der Waals surface area contributed by atoms with Gasteiger partial charge in [0.1, 0.15) is 6.67 Å². The molecule has 0 aromatic carbocycles. The predicted octanol–water partition coefficient (Wildman–Crippen LogP) is 3.05. The lowest BCUT2D eigenvalue weighted by Gasteiger charge is -2.28. The van der Waals surface area contributed by atoms with E-state index in [-0.39, 0.29) is 12.2 Å². The van der Waals surface area contributed by atoms with Gasteiger partial charge in [0, 0.05) is 11.6 Å². The Balaban J connectivity index is 2.33. The first kappa shape index (κ1) is 11.0. The Bertz CT molecular complexity index is 137. The molecule has 78 valence electrons. The maximum Gasteiger partial charge on any atom is 0.107 e. The molecule has 1 N–H and O–H groups in total. The van der Waals surface area contributed by atoms with E-state index in [1.54, 1.807) is 0 Å². The van der Waals surface area contributed by atoms with Crippen molar-refractivity contribution in [2.24, 2.45) is 0 Å². The highest BCUT2D eigenvalue weighted by Gasteiger charge is 2.22. The van der Waals surface area contributed by atoms with Crippen molar-refractivity contribution < 1.29 is 4.39 Å². The van der Waals surface area contributed by atoms with E-state index in [2.05, 4.69) is 5.32 Å². The highest BCUT2D eigenvalue weighted by Crippen LogP contribution is 2.19. The minimum absolute atomic E-state index is 0.274. The van der Waals surface area contributed by atoms with Gasteiger partial charge in [-0.05, 0) is 26.7 Å². The van der Waals surface area contributed by atoms with E-state index in [0.29, 0.717) is 6.04 Å². The van der Waals surface area contributed by atoms with Crippen LogP contribution in [0.15, 0.2) is 0 Å². The summed E-state index contributed by atoms with van der Waals surface area (Å²) in [5.74, 6) is 0. The number of hydrogen-bond donors (Lipinski definition) is 1. The Labute approximate surface area is 81.1 Å². The maximum absolute atomic E-state index is 12.6. The van der Waals surface area contributed by atoms with Gasteiger partial charge in [0.2, 0.25) is 0 Å². The van der Waals surface area contributed by atoms with Gasteiger partial charge in [-0.15, -0.1) is 0 Å². The van der Waals surface area contributed by atoms with Crippen LogP contribution in [0.2, 0.25) is 0 Å². The van der Waals surface area contributed by atoms with Crippen molar-refractivity contribution in [1.82, 2.24) is 5.32 Å². The Kier molecular flexibility index (Phi) is 4.17. The largest absolute Gasteiger partial charge is 0.307 e. The molecule has 13 heavy (non-hydrogen) atoms. The second kappa shape index (κ2) is 4.94. The average Bonchev–Trinajstić information content (AvgIpc) is 2.32. The third-order valence-corrected chi connectivity index (χ3v) is 2.78. The third kappa shape index (κ3) is 4.08. The molecule has 0 heterocycles. The molecule has 1 aliphatic rings. The first-order chi connectivity index (χ1) is 6.14. The van der Waals surface area contributed by atoms with E-state index in [1.165, 1.54) is 38.5 Å². The van der Waals surface area contributed by atoms with Gasteiger partial charge in [-0.3, -0.25) is 0 Å². The lowest BCUT2D eigenvalue weighted by atomic mass is 10.0. The summed E-state index contributed by atoms with van der Waals surface area (Å²) in [6, 6.07) is 0.549. The van der Waals surface area contributed by atoms with Crippen molar-refractivity contribution >= 4 is 0 Å². The van der Waals surface area contributed by atoms with Gasteiger partial charge in [-0.2, -0.15) is 0 Å². The van der Waals surface area contributed by atoms with Crippen LogP contribution in [0, 0.1) is 0 Å². The number of hydrogen-bond acceptors (Lipinski definition) is 1. The van der Waals surface area contributed by atoms with E-state index < -0.39 is 0 Å². The average molecular weight is 187 g/mol. The van der Waals surface area contributed by atoms with Crippen LogP contribution in [0.3, 0.4) is 0 Å². The second-order valence-corrected chi connectivity index (χ2v) is 4.85. The molecule has 0 bridgehead atoms. The smallest absolute Gasteiger partial charge is 0.107 e. The van der Waals surface area contributed by atoms with Crippen LogP contribution in [-0.4, -0.2) is 18.3 Å². The molecule has 1 saturated carbocycles. The van der Waals surface area contributed by atoms with Crippen LogP contribution in [0.25, 0.3) is 0 Å². The van der Waals surface area contributed by atoms with Crippen molar-refractivity contribution in [2.45, 2.75) is 64.0 Å². The van der Waals surface area contributed by atoms with Gasteiger partial charge in [0.15, 0.2) is 0 Å². The molecular weight excluding hydrogens is 165 g/mol. The van der Waals surface area contributed by atoms with E-state index in [0.717, 1.165) is 0 Å². The highest BCUT2D eigenvalue weighted by molar-refractivity contribution is 4.82. The zero-order valence-corrected chi connectivity index (χ0v) is 8.91. The standard InChI is InChI=1S/C11H22FN/c1-11(2,9-12)13-10-7-5-3-4-6-8-10/h10,13H,3-9H2,1-2H3. The van der Waals surface area contributed by atoms with Gasteiger partial charge >= 0.3 is 0 Å². The summed E-state index contributed by atoms with van der Waals surface area (Å²) in [7, 11) is 0. The fourth-order valence-corrected chi connectivity index (χ4v) is 2.01. The van der Waals surface area contributed by atoms with Gasteiger partial charge in [0.05, 0.1) is 0 Å². The molecule has 1 nitrogen and oxygen atoms in total. The molecule has 0 unspecified atom stereocenters. The Morgan fingerprint density at radius 2 is 1.69 bits per heavy atom. The third-order valence-electron chi connectivity index (χ3n) is 2.78. The molecule has 2 heteroatoms. The van der Waals surface area contributed by atoms with Crippen LogP contribution in [-0.2, 0) is 0 Å². The summed E-state index contributed by atoms with van der Waals surface area (Å²) in [4.78, 5) is 0. The lowest BCUT2D eigenvalue weighted by molar-refractivity contribution is 0.249. The van der Waals surface area contributed by atoms with E-state index in [4.69, 9.17) is 0 Å². The Morgan fingerprint density at radius 3 is 2.15 bits per heavy atom. The van der Waals surface area contributed by atoms with Crippen LogP contribution >= 0.6 is 0 Å². The van der Waals surface area contributed by atoms with Crippen molar-refractivity contribution in [1.29, 1.82) is 0 Å². The van der Waals surface area contributed by atoms with Gasteiger partial charge in [-0.25, -0.2) is 4.39 Å². The number of nitrogens with one attached hydrogen (secondary N) is 1. The molecule has 0 amide bonds. The second-order valence-electron chi connectivity index (χ2n) is 4.85. The normalized spacial score (nSPS) is 21.5. The summed E-state index contributed by atoms with van der Waals surface area (Å²) >= 11 is 0. The van der Waals surface area contributed by atoms with Gasteiger partial charge in [0.25, 0.3) is 0 Å². The number of alkyl halides is 1. The first-order valence-corrected chi connectivity index (χ1v) is 5.48. The first-order valence-electron chi connectivity index (χ1n) is 5.48. The summed E-state index contributed by atoms with van der Waals surface area (Å²) in [6.45, 7) is 3.61. The fourth-order valence-electron chi connectivity index (χ4n) is 2.01. The lowest BCUT2D eigenvalue weighted by Crippen LogP contribution is -2.47. The van der Waals surface area contributed by atoms with Gasteiger partial charge in [-0.1, -0.05) is 25.7 Å². The van der Waals surface area contributed by atoms with Crippen molar-refractivity contribution in [3.63, 3.8) is 0 Å². The molecule has 0 aromatic heterocycles. The molecular formula is C11H22FN. The Morgan fingerprint density at radius 1 is 1.15 bits per heavy atom. The summed E-state index contributed by atoms with van der Waals surface area (Å²) in [6.07, 6.45) is 7.77. The molecule has 0 atom stereocenters. The monoisotopic (exact) mass is 187 g/mol. The molecule has 0 saturated heterocycles. The van der Waals surface area contributed by atoms with Crippen molar-refractivity contribution in [3.05, 3.63) is 0 Å². The molecule has 1 aliphatic carbocycles. The van der Waals surface area contributed by atoms with Crippen LogP contribution in [0.4, 0.5) is 4.39 Å². The number of rotatable bonds is 3. The molecule has 0 spiro atoms.